The lowest BCUT2D eigenvalue weighted by molar-refractivity contribution is -0.120. The van der Waals surface area contributed by atoms with Crippen LogP contribution in [-0.2, 0) is 11.2 Å². The summed E-state index contributed by atoms with van der Waals surface area (Å²) in [7, 11) is 0. The number of thiazole rings is 1. The van der Waals surface area contributed by atoms with E-state index in [0.29, 0.717) is 13.0 Å². The molecule has 0 bridgehead atoms. The standard InChI is InChI=1S/C20H26N4OS/c1-4-23(5-2)11-10-21-19(25)12-17-14-26-20-22-18(13-24(17)20)16-8-6-15(3)7-9-16/h6-9,13-14H,4-5,10-12H2,1-3H3,(H,21,25). The Morgan fingerprint density at radius 2 is 1.96 bits per heavy atom. The van der Waals surface area contributed by atoms with E-state index in [1.54, 1.807) is 11.3 Å². The maximum atomic E-state index is 12.3. The van der Waals surface area contributed by atoms with Crippen LogP contribution in [-0.4, -0.2) is 46.4 Å². The van der Waals surface area contributed by atoms with Crippen molar-refractivity contribution in [2.24, 2.45) is 0 Å². The van der Waals surface area contributed by atoms with E-state index in [1.165, 1.54) is 5.56 Å². The molecule has 0 atom stereocenters. The summed E-state index contributed by atoms with van der Waals surface area (Å²) in [6.07, 6.45) is 2.40. The normalized spacial score (nSPS) is 11.4. The predicted octanol–water partition coefficient (Wildman–Crippen LogP) is 3.37. The fourth-order valence-electron chi connectivity index (χ4n) is 2.94. The number of hydrogen-bond acceptors (Lipinski definition) is 4. The van der Waals surface area contributed by atoms with E-state index >= 15 is 0 Å². The van der Waals surface area contributed by atoms with Crippen molar-refractivity contribution >= 4 is 22.2 Å². The summed E-state index contributed by atoms with van der Waals surface area (Å²) >= 11 is 1.57. The zero-order valence-corrected chi connectivity index (χ0v) is 16.5. The van der Waals surface area contributed by atoms with Gasteiger partial charge in [0.05, 0.1) is 12.1 Å². The number of aromatic nitrogens is 2. The van der Waals surface area contributed by atoms with Crippen LogP contribution in [0.3, 0.4) is 0 Å². The summed E-state index contributed by atoms with van der Waals surface area (Å²) in [5, 5.41) is 5.04. The zero-order valence-electron chi connectivity index (χ0n) is 15.7. The molecule has 3 rings (SSSR count). The van der Waals surface area contributed by atoms with Gasteiger partial charge in [0.25, 0.3) is 0 Å². The third-order valence-electron chi connectivity index (χ3n) is 4.62. The molecular formula is C20H26N4OS. The topological polar surface area (TPSA) is 49.6 Å². The average molecular weight is 371 g/mol. The van der Waals surface area contributed by atoms with Gasteiger partial charge < -0.3 is 10.2 Å². The predicted molar refractivity (Wildman–Crippen MR) is 108 cm³/mol. The third-order valence-corrected chi connectivity index (χ3v) is 5.51. The highest BCUT2D eigenvalue weighted by Crippen LogP contribution is 2.24. The van der Waals surface area contributed by atoms with Crippen LogP contribution in [0.25, 0.3) is 16.2 Å². The first kappa shape index (κ1) is 18.6. The highest BCUT2D eigenvalue weighted by molar-refractivity contribution is 7.15. The van der Waals surface area contributed by atoms with E-state index in [-0.39, 0.29) is 5.91 Å². The molecule has 26 heavy (non-hydrogen) atoms. The van der Waals surface area contributed by atoms with Crippen molar-refractivity contribution in [3.05, 3.63) is 47.1 Å². The number of nitrogens with zero attached hydrogens (tertiary/aromatic N) is 3. The van der Waals surface area contributed by atoms with E-state index in [2.05, 4.69) is 55.3 Å². The summed E-state index contributed by atoms with van der Waals surface area (Å²) in [6, 6.07) is 8.35. The minimum Gasteiger partial charge on any atom is -0.354 e. The fourth-order valence-corrected chi connectivity index (χ4v) is 3.81. The van der Waals surface area contributed by atoms with Gasteiger partial charge in [0.2, 0.25) is 5.91 Å². The Bertz CT molecular complexity index is 862. The number of aryl methyl sites for hydroxylation is 1. The molecule has 1 amide bonds. The number of hydrogen-bond donors (Lipinski definition) is 1. The number of benzene rings is 1. The minimum absolute atomic E-state index is 0.0578. The molecule has 0 aliphatic carbocycles. The van der Waals surface area contributed by atoms with Crippen LogP contribution in [0.2, 0.25) is 0 Å². The van der Waals surface area contributed by atoms with Gasteiger partial charge >= 0.3 is 0 Å². The summed E-state index contributed by atoms with van der Waals surface area (Å²) in [6.45, 7) is 9.94. The molecule has 6 heteroatoms. The van der Waals surface area contributed by atoms with E-state index in [0.717, 1.165) is 41.5 Å². The van der Waals surface area contributed by atoms with Crippen LogP contribution in [0.1, 0.15) is 25.1 Å². The zero-order chi connectivity index (χ0) is 18.5. The van der Waals surface area contributed by atoms with Gasteiger partial charge in [-0.15, -0.1) is 11.3 Å². The molecular weight excluding hydrogens is 344 g/mol. The molecule has 0 saturated carbocycles. The van der Waals surface area contributed by atoms with Crippen LogP contribution in [0.5, 0.6) is 0 Å². The molecule has 1 N–H and O–H groups in total. The van der Waals surface area contributed by atoms with Gasteiger partial charge in [-0.3, -0.25) is 9.20 Å². The van der Waals surface area contributed by atoms with Crippen LogP contribution in [0, 0.1) is 6.92 Å². The lowest BCUT2D eigenvalue weighted by Gasteiger charge is -2.17. The van der Waals surface area contributed by atoms with Gasteiger partial charge in [0.15, 0.2) is 4.96 Å². The Labute approximate surface area is 158 Å². The minimum atomic E-state index is 0.0578. The molecule has 5 nitrogen and oxygen atoms in total. The van der Waals surface area contributed by atoms with Crippen LogP contribution >= 0.6 is 11.3 Å². The van der Waals surface area contributed by atoms with Crippen molar-refractivity contribution in [3.8, 4) is 11.3 Å². The molecule has 2 heterocycles. The summed E-state index contributed by atoms with van der Waals surface area (Å²) < 4.78 is 2.03. The maximum Gasteiger partial charge on any atom is 0.226 e. The average Bonchev–Trinajstić information content (AvgIpc) is 3.21. The lowest BCUT2D eigenvalue weighted by atomic mass is 10.1. The summed E-state index contributed by atoms with van der Waals surface area (Å²) in [4.78, 5) is 20.2. The molecule has 1 aromatic carbocycles. The highest BCUT2D eigenvalue weighted by Gasteiger charge is 2.12. The van der Waals surface area contributed by atoms with Crippen LogP contribution in [0.4, 0.5) is 0 Å². The second-order valence-corrected chi connectivity index (χ2v) is 7.26. The van der Waals surface area contributed by atoms with Crippen molar-refractivity contribution in [3.63, 3.8) is 0 Å². The largest absolute Gasteiger partial charge is 0.354 e. The first-order valence-electron chi connectivity index (χ1n) is 9.12. The van der Waals surface area contributed by atoms with E-state index in [1.807, 2.05) is 16.0 Å². The Morgan fingerprint density at radius 3 is 2.65 bits per heavy atom. The summed E-state index contributed by atoms with van der Waals surface area (Å²) in [5.74, 6) is 0.0578. The molecule has 0 unspecified atom stereocenters. The van der Waals surface area contributed by atoms with Gasteiger partial charge in [0.1, 0.15) is 0 Å². The Kier molecular flexibility index (Phi) is 6.06. The van der Waals surface area contributed by atoms with E-state index in [4.69, 9.17) is 4.98 Å². The van der Waals surface area contributed by atoms with Gasteiger partial charge in [-0.25, -0.2) is 4.98 Å². The van der Waals surface area contributed by atoms with Gasteiger partial charge in [-0.05, 0) is 20.0 Å². The number of likely N-dealkylation sites (N-methyl/N-ethyl adjacent to an activating group) is 1. The molecule has 0 aliphatic heterocycles. The van der Waals surface area contributed by atoms with Gasteiger partial charge in [0, 0.05) is 35.9 Å². The second kappa shape index (κ2) is 8.47. The number of carbonyl (C=O) groups excluding carboxylic acids is 1. The van der Waals surface area contributed by atoms with Crippen molar-refractivity contribution < 1.29 is 4.79 Å². The van der Waals surface area contributed by atoms with Crippen molar-refractivity contribution in [2.45, 2.75) is 27.2 Å². The van der Waals surface area contributed by atoms with Crippen LogP contribution < -0.4 is 5.32 Å². The Balaban J connectivity index is 1.65. The molecule has 0 radical (unpaired) electrons. The summed E-state index contributed by atoms with van der Waals surface area (Å²) in [5.41, 5.74) is 4.26. The van der Waals surface area contributed by atoms with Crippen molar-refractivity contribution in [1.82, 2.24) is 19.6 Å². The highest BCUT2D eigenvalue weighted by atomic mass is 32.1. The number of fused-ring (bicyclic) bond motifs is 1. The Morgan fingerprint density at radius 1 is 1.23 bits per heavy atom. The molecule has 2 aromatic heterocycles. The SMILES string of the molecule is CCN(CC)CCNC(=O)Cc1csc2nc(-c3ccc(C)cc3)cn12. The molecule has 0 saturated heterocycles. The molecule has 3 aromatic rings. The Hall–Kier alpha value is -2.18. The quantitative estimate of drug-likeness (QED) is 0.661. The first-order valence-corrected chi connectivity index (χ1v) is 10.00. The van der Waals surface area contributed by atoms with Gasteiger partial charge in [-0.2, -0.15) is 0 Å². The van der Waals surface area contributed by atoms with E-state index in [9.17, 15) is 4.79 Å². The number of amides is 1. The lowest BCUT2D eigenvalue weighted by Crippen LogP contribution is -2.35. The smallest absolute Gasteiger partial charge is 0.226 e. The van der Waals surface area contributed by atoms with Gasteiger partial charge in [-0.1, -0.05) is 43.7 Å². The second-order valence-electron chi connectivity index (χ2n) is 6.43. The molecule has 0 fully saturated rings. The monoisotopic (exact) mass is 370 g/mol. The number of imidazole rings is 1. The van der Waals surface area contributed by atoms with Crippen LogP contribution in [0.15, 0.2) is 35.8 Å². The fraction of sp³-hybridized carbons (Fsp3) is 0.400. The molecule has 0 aliphatic rings. The number of carbonyl (C=O) groups is 1. The molecule has 0 spiro atoms. The van der Waals surface area contributed by atoms with Crippen molar-refractivity contribution in [1.29, 1.82) is 0 Å². The number of nitrogens with one attached hydrogen (secondary N) is 1. The number of rotatable bonds is 8. The maximum absolute atomic E-state index is 12.3. The van der Waals surface area contributed by atoms with E-state index < -0.39 is 0 Å². The molecule has 138 valence electrons. The first-order chi connectivity index (χ1) is 12.6. The third kappa shape index (κ3) is 4.31. The van der Waals surface area contributed by atoms with Crippen molar-refractivity contribution in [2.75, 3.05) is 26.2 Å².